The van der Waals surface area contributed by atoms with Crippen LogP contribution < -0.4 is 10.6 Å². The Balaban J connectivity index is 1.65. The largest absolute Gasteiger partial charge is 0.336 e. The van der Waals surface area contributed by atoms with Crippen molar-refractivity contribution >= 4 is 40.1 Å². The molecular formula is C25H21FN6S. The molecule has 0 aliphatic rings. The van der Waals surface area contributed by atoms with E-state index < -0.39 is 0 Å². The number of allylic oxidation sites excluding steroid dienone is 1. The van der Waals surface area contributed by atoms with Crippen molar-refractivity contribution in [3.8, 4) is 22.1 Å². The zero-order valence-corrected chi connectivity index (χ0v) is 19.0. The molecule has 0 aliphatic carbocycles. The van der Waals surface area contributed by atoms with Crippen molar-refractivity contribution in [1.82, 2.24) is 30.1 Å². The van der Waals surface area contributed by atoms with E-state index in [1.807, 2.05) is 37.5 Å². The van der Waals surface area contributed by atoms with Gasteiger partial charge in [0.2, 0.25) is 0 Å². The lowest BCUT2D eigenvalue weighted by Crippen LogP contribution is -2.23. The molecule has 0 spiro atoms. The van der Waals surface area contributed by atoms with Gasteiger partial charge in [0.25, 0.3) is 0 Å². The van der Waals surface area contributed by atoms with Crippen LogP contribution >= 0.6 is 11.3 Å². The van der Waals surface area contributed by atoms with Crippen LogP contribution in [0.3, 0.4) is 0 Å². The smallest absolute Gasteiger partial charge is 0.177 e. The molecule has 5 heterocycles. The summed E-state index contributed by atoms with van der Waals surface area (Å²) in [6.07, 6.45) is 10.2. The zero-order chi connectivity index (χ0) is 22.9. The number of hydrogen-bond acceptors (Lipinski definition) is 5. The Kier molecular flexibility index (Phi) is 5.43. The summed E-state index contributed by atoms with van der Waals surface area (Å²) < 4.78 is 13.6. The van der Waals surface area contributed by atoms with Crippen LogP contribution in [0, 0.1) is 5.13 Å². The van der Waals surface area contributed by atoms with E-state index in [4.69, 9.17) is 4.98 Å². The molecule has 33 heavy (non-hydrogen) atoms. The lowest BCUT2D eigenvalue weighted by atomic mass is 10.1. The number of rotatable bonds is 5. The van der Waals surface area contributed by atoms with Crippen LogP contribution in [-0.4, -0.2) is 30.1 Å². The lowest BCUT2D eigenvalue weighted by Gasteiger charge is -2.02. The molecule has 0 saturated heterocycles. The molecule has 0 bridgehead atoms. The van der Waals surface area contributed by atoms with Crippen molar-refractivity contribution in [3.63, 3.8) is 0 Å². The molecule has 5 aromatic heterocycles. The first-order chi connectivity index (χ1) is 16.1. The average molecular weight is 457 g/mol. The minimum absolute atomic E-state index is 0.257. The van der Waals surface area contributed by atoms with Gasteiger partial charge in [0.05, 0.1) is 15.7 Å². The fraction of sp³-hybridized carbons (Fsp3) is 0.120. The van der Waals surface area contributed by atoms with Crippen LogP contribution in [0.1, 0.15) is 25.0 Å². The summed E-state index contributed by atoms with van der Waals surface area (Å²) >= 11 is 1.05. The molecule has 0 amide bonds. The molecule has 8 heteroatoms. The van der Waals surface area contributed by atoms with Gasteiger partial charge in [0, 0.05) is 23.8 Å². The third kappa shape index (κ3) is 3.89. The van der Waals surface area contributed by atoms with E-state index in [1.54, 1.807) is 12.3 Å². The molecule has 0 saturated carbocycles. The maximum atomic E-state index is 13.6. The zero-order valence-electron chi connectivity index (χ0n) is 18.2. The van der Waals surface area contributed by atoms with Gasteiger partial charge < -0.3 is 4.98 Å². The third-order valence-electron chi connectivity index (χ3n) is 5.45. The molecule has 0 atom stereocenters. The van der Waals surface area contributed by atoms with E-state index in [-0.39, 0.29) is 5.13 Å². The highest BCUT2D eigenvalue weighted by atomic mass is 32.1. The number of aromatic nitrogens is 6. The predicted molar refractivity (Wildman–Crippen MR) is 131 cm³/mol. The molecule has 0 unspecified atom stereocenters. The molecular weight excluding hydrogens is 435 g/mol. The Hall–Kier alpha value is -3.91. The molecule has 6 nitrogen and oxygen atoms in total. The standard InChI is InChI=1S/C25H21FN6S/c1-4-15-11-16(13-27-12-15)14(3)10-17-18(5-2)31-32-22(17)25-29-19-8-9-28-24(23(19)30-25)20-6-7-21(26)33-20/h5-13,31H,3-4H2,1-2H3,(H,29,30)/b17-10+,18-5+. The van der Waals surface area contributed by atoms with Gasteiger partial charge in [-0.1, -0.05) is 19.6 Å². The first kappa shape index (κ1) is 21.0. The number of hydrogen-bond donors (Lipinski definition) is 2. The normalized spacial score (nSPS) is 12.7. The first-order valence-corrected chi connectivity index (χ1v) is 11.4. The molecule has 0 fully saturated rings. The SMILES string of the molecule is C=C(/C=c1/c(-c2nc3c(-c4ccc(F)s4)nccc3[nH]2)n[nH]/c1=C/C)c1cncc(CC)c1. The van der Waals surface area contributed by atoms with Gasteiger partial charge in [0.1, 0.15) is 16.9 Å². The Morgan fingerprint density at radius 1 is 1.21 bits per heavy atom. The second-order valence-corrected chi connectivity index (χ2v) is 8.57. The summed E-state index contributed by atoms with van der Waals surface area (Å²) in [4.78, 5) is 17.6. The van der Waals surface area contributed by atoms with Crippen molar-refractivity contribution in [1.29, 1.82) is 0 Å². The quantitative estimate of drug-likeness (QED) is 0.409. The van der Waals surface area contributed by atoms with E-state index in [1.165, 1.54) is 6.07 Å². The Labute approximate surface area is 193 Å². The topological polar surface area (TPSA) is 83.1 Å². The van der Waals surface area contributed by atoms with Gasteiger partial charge in [0.15, 0.2) is 11.0 Å². The highest BCUT2D eigenvalue weighted by Gasteiger charge is 2.16. The highest BCUT2D eigenvalue weighted by molar-refractivity contribution is 7.13. The fourth-order valence-corrected chi connectivity index (χ4v) is 4.42. The maximum absolute atomic E-state index is 13.6. The number of pyridine rings is 2. The lowest BCUT2D eigenvalue weighted by molar-refractivity contribution is 0.657. The minimum Gasteiger partial charge on any atom is -0.336 e. The molecule has 0 radical (unpaired) electrons. The summed E-state index contributed by atoms with van der Waals surface area (Å²) in [5.74, 6) is 0.597. The van der Waals surface area contributed by atoms with E-state index in [2.05, 4.69) is 44.7 Å². The van der Waals surface area contributed by atoms with E-state index in [0.717, 1.165) is 55.4 Å². The summed E-state index contributed by atoms with van der Waals surface area (Å²) in [6.45, 7) is 8.30. The molecule has 2 N–H and O–H groups in total. The van der Waals surface area contributed by atoms with Crippen molar-refractivity contribution in [2.45, 2.75) is 20.3 Å². The van der Waals surface area contributed by atoms with Gasteiger partial charge >= 0.3 is 0 Å². The van der Waals surface area contributed by atoms with Gasteiger partial charge in [-0.15, -0.1) is 11.3 Å². The summed E-state index contributed by atoms with van der Waals surface area (Å²) in [5, 5.41) is 9.09. The fourth-order valence-electron chi connectivity index (χ4n) is 3.69. The number of nitrogens with zero attached hydrogens (tertiary/aromatic N) is 4. The number of fused-ring (bicyclic) bond motifs is 1. The Bertz CT molecular complexity index is 1610. The molecule has 5 aromatic rings. The number of aromatic amines is 2. The summed E-state index contributed by atoms with van der Waals surface area (Å²) in [6, 6.07) is 7.10. The number of thiophene rings is 1. The van der Waals surface area contributed by atoms with Gasteiger partial charge in [-0.05, 0) is 60.4 Å². The molecule has 164 valence electrons. The van der Waals surface area contributed by atoms with E-state index in [0.29, 0.717) is 22.7 Å². The molecule has 5 rings (SSSR count). The third-order valence-corrected chi connectivity index (χ3v) is 6.33. The van der Waals surface area contributed by atoms with E-state index >= 15 is 0 Å². The monoisotopic (exact) mass is 456 g/mol. The van der Waals surface area contributed by atoms with Gasteiger partial charge in [-0.3, -0.25) is 15.1 Å². The van der Waals surface area contributed by atoms with Crippen molar-refractivity contribution < 1.29 is 4.39 Å². The van der Waals surface area contributed by atoms with E-state index in [9.17, 15) is 4.39 Å². The number of imidazole rings is 1. The van der Waals surface area contributed by atoms with Crippen LogP contribution in [0.5, 0.6) is 0 Å². The Morgan fingerprint density at radius 3 is 2.85 bits per heavy atom. The van der Waals surface area contributed by atoms with Crippen LogP contribution in [0.2, 0.25) is 0 Å². The number of halogens is 1. The minimum atomic E-state index is -0.257. The van der Waals surface area contributed by atoms with Crippen LogP contribution in [-0.2, 0) is 6.42 Å². The number of aryl methyl sites for hydroxylation is 1. The van der Waals surface area contributed by atoms with Crippen molar-refractivity contribution in [3.05, 3.63) is 76.3 Å². The average Bonchev–Trinajstić information content (AvgIpc) is 3.56. The van der Waals surface area contributed by atoms with Gasteiger partial charge in [-0.25, -0.2) is 4.98 Å². The summed E-state index contributed by atoms with van der Waals surface area (Å²) in [7, 11) is 0. The first-order valence-electron chi connectivity index (χ1n) is 10.5. The maximum Gasteiger partial charge on any atom is 0.177 e. The van der Waals surface area contributed by atoms with Crippen molar-refractivity contribution in [2.24, 2.45) is 0 Å². The molecule has 0 aliphatic heterocycles. The number of nitrogens with one attached hydrogen (secondary N) is 2. The second kappa shape index (κ2) is 8.55. The van der Waals surface area contributed by atoms with Gasteiger partial charge in [-0.2, -0.15) is 9.49 Å². The highest BCUT2D eigenvalue weighted by Crippen LogP contribution is 2.31. The van der Waals surface area contributed by atoms with Crippen molar-refractivity contribution in [2.75, 3.05) is 0 Å². The second-order valence-electron chi connectivity index (χ2n) is 7.54. The van der Waals surface area contributed by atoms with Crippen LogP contribution in [0.15, 0.2) is 49.4 Å². The Morgan fingerprint density at radius 2 is 2.09 bits per heavy atom. The number of H-pyrrole nitrogens is 2. The molecule has 0 aromatic carbocycles. The van der Waals surface area contributed by atoms with Crippen LogP contribution in [0.4, 0.5) is 4.39 Å². The predicted octanol–water partition coefficient (Wildman–Crippen LogP) is 4.47. The summed E-state index contributed by atoms with van der Waals surface area (Å²) in [5.41, 5.74) is 5.72. The van der Waals surface area contributed by atoms with Crippen LogP contribution in [0.25, 0.3) is 50.8 Å².